The van der Waals surface area contributed by atoms with Gasteiger partial charge >= 0.3 is 0 Å². The van der Waals surface area contributed by atoms with Crippen LogP contribution in [-0.4, -0.2) is 11.7 Å². The van der Waals surface area contributed by atoms with Gasteiger partial charge in [-0.2, -0.15) is 0 Å². The molecule has 2 unspecified atom stereocenters. The van der Waals surface area contributed by atoms with Crippen molar-refractivity contribution in [2.75, 3.05) is 0 Å². The lowest BCUT2D eigenvalue weighted by atomic mass is 9.95. The summed E-state index contributed by atoms with van der Waals surface area (Å²) in [5.74, 6) is 0. The molecule has 0 fully saturated rings. The summed E-state index contributed by atoms with van der Waals surface area (Å²) in [7, 11) is 0. The fraction of sp³-hybridized carbons (Fsp3) is 1.00. The van der Waals surface area contributed by atoms with Gasteiger partial charge in [-0.3, -0.25) is 0 Å². The van der Waals surface area contributed by atoms with Crippen LogP contribution in [0.1, 0.15) is 33.6 Å². The van der Waals surface area contributed by atoms with E-state index >= 15 is 0 Å². The molecule has 0 bridgehead atoms. The molecule has 0 aromatic carbocycles. The summed E-state index contributed by atoms with van der Waals surface area (Å²) in [5.41, 5.74) is 4.31. The van der Waals surface area contributed by atoms with Gasteiger partial charge in [-0.05, 0) is 19.8 Å². The monoisotopic (exact) mass is 133 g/mol. The Kier molecular flexibility index (Phi) is 3.12. The minimum absolute atomic E-state index is 0.303. The largest absolute Gasteiger partial charge is 0.325 e. The van der Waals surface area contributed by atoms with Crippen LogP contribution < -0.4 is 5.73 Å². The highest BCUT2D eigenvalue weighted by molar-refractivity contribution is 4.82. The summed E-state index contributed by atoms with van der Waals surface area (Å²) in [5, 5.41) is 0. The van der Waals surface area contributed by atoms with Gasteiger partial charge in [0.25, 0.3) is 0 Å². The quantitative estimate of drug-likeness (QED) is 0.624. The van der Waals surface area contributed by atoms with Gasteiger partial charge < -0.3 is 5.73 Å². The van der Waals surface area contributed by atoms with E-state index in [9.17, 15) is 4.39 Å². The predicted molar refractivity (Wildman–Crippen MR) is 38.1 cm³/mol. The van der Waals surface area contributed by atoms with Crippen molar-refractivity contribution in [2.45, 2.75) is 45.3 Å². The van der Waals surface area contributed by atoms with E-state index in [0.717, 1.165) is 0 Å². The zero-order valence-corrected chi connectivity index (χ0v) is 6.45. The standard InChI is InChI=1S/C7H16FN/c1-4-6(9)7(3,8)5-2/h6H,4-5,9H2,1-3H3. The van der Waals surface area contributed by atoms with Crippen molar-refractivity contribution in [3.8, 4) is 0 Å². The fourth-order valence-corrected chi connectivity index (χ4v) is 0.688. The average molecular weight is 133 g/mol. The molecule has 0 amide bonds. The summed E-state index contributed by atoms with van der Waals surface area (Å²) >= 11 is 0. The molecule has 0 saturated heterocycles. The molecule has 0 rings (SSSR count). The van der Waals surface area contributed by atoms with E-state index in [-0.39, 0.29) is 6.04 Å². The molecule has 0 aliphatic rings. The molecule has 0 heterocycles. The summed E-state index contributed by atoms with van der Waals surface area (Å²) in [6.07, 6.45) is 1.21. The molecule has 2 N–H and O–H groups in total. The number of alkyl halides is 1. The van der Waals surface area contributed by atoms with Crippen molar-refractivity contribution in [3.63, 3.8) is 0 Å². The molecule has 56 valence electrons. The maximum atomic E-state index is 13.1. The third-order valence-electron chi connectivity index (χ3n) is 1.90. The summed E-state index contributed by atoms with van der Waals surface area (Å²) in [6.45, 7) is 5.27. The number of hydrogen-bond donors (Lipinski definition) is 1. The molecular formula is C7H16FN. The van der Waals surface area contributed by atoms with Gasteiger partial charge in [0.2, 0.25) is 0 Å². The molecule has 0 aromatic rings. The fourth-order valence-electron chi connectivity index (χ4n) is 0.688. The molecule has 0 spiro atoms. The zero-order valence-electron chi connectivity index (χ0n) is 6.45. The van der Waals surface area contributed by atoms with E-state index in [1.807, 2.05) is 13.8 Å². The highest BCUT2D eigenvalue weighted by Gasteiger charge is 2.27. The van der Waals surface area contributed by atoms with Crippen LogP contribution in [-0.2, 0) is 0 Å². The second kappa shape index (κ2) is 3.16. The van der Waals surface area contributed by atoms with E-state index in [0.29, 0.717) is 12.8 Å². The first kappa shape index (κ1) is 8.89. The first-order chi connectivity index (χ1) is 4.04. The molecule has 0 aliphatic heterocycles. The van der Waals surface area contributed by atoms with Crippen LogP contribution in [0.25, 0.3) is 0 Å². The van der Waals surface area contributed by atoms with Crippen molar-refractivity contribution in [3.05, 3.63) is 0 Å². The Morgan fingerprint density at radius 3 is 2.11 bits per heavy atom. The smallest absolute Gasteiger partial charge is 0.123 e. The van der Waals surface area contributed by atoms with Gasteiger partial charge in [0.05, 0.1) is 0 Å². The van der Waals surface area contributed by atoms with Crippen molar-refractivity contribution in [2.24, 2.45) is 5.73 Å². The maximum absolute atomic E-state index is 13.1. The SMILES string of the molecule is CCC(N)C(C)(F)CC. The van der Waals surface area contributed by atoms with Crippen molar-refractivity contribution in [1.29, 1.82) is 0 Å². The summed E-state index contributed by atoms with van der Waals surface area (Å²) < 4.78 is 13.1. The van der Waals surface area contributed by atoms with Gasteiger partial charge in [0.15, 0.2) is 0 Å². The normalized spacial score (nSPS) is 21.0. The third-order valence-corrected chi connectivity index (χ3v) is 1.90. The highest BCUT2D eigenvalue weighted by Crippen LogP contribution is 2.19. The molecule has 0 saturated carbocycles. The van der Waals surface area contributed by atoms with Gasteiger partial charge in [-0.1, -0.05) is 13.8 Å². The van der Waals surface area contributed by atoms with Crippen molar-refractivity contribution in [1.82, 2.24) is 0 Å². The van der Waals surface area contributed by atoms with Crippen LogP contribution >= 0.6 is 0 Å². The van der Waals surface area contributed by atoms with Crippen LogP contribution in [0.5, 0.6) is 0 Å². The second-order valence-electron chi connectivity index (χ2n) is 2.65. The number of nitrogens with two attached hydrogens (primary N) is 1. The lowest BCUT2D eigenvalue weighted by molar-refractivity contribution is 0.140. The Hall–Kier alpha value is -0.110. The average Bonchev–Trinajstić information content (AvgIpc) is 1.86. The minimum atomic E-state index is -1.17. The van der Waals surface area contributed by atoms with E-state index in [2.05, 4.69) is 0 Å². The lowest BCUT2D eigenvalue weighted by Gasteiger charge is -2.24. The zero-order chi connectivity index (χ0) is 7.49. The number of rotatable bonds is 3. The minimum Gasteiger partial charge on any atom is -0.325 e. The van der Waals surface area contributed by atoms with Crippen molar-refractivity contribution >= 4 is 0 Å². The Balaban J connectivity index is 3.80. The Bertz CT molecular complexity index is 81.0. The lowest BCUT2D eigenvalue weighted by Crippen LogP contribution is -2.40. The van der Waals surface area contributed by atoms with Crippen LogP contribution in [0.15, 0.2) is 0 Å². The summed E-state index contributed by atoms with van der Waals surface area (Å²) in [6, 6.07) is -0.303. The van der Waals surface area contributed by atoms with Gasteiger partial charge in [-0.25, -0.2) is 4.39 Å². The molecule has 0 aromatic heterocycles. The van der Waals surface area contributed by atoms with Gasteiger partial charge in [-0.15, -0.1) is 0 Å². The Labute approximate surface area is 56.4 Å². The third kappa shape index (κ3) is 2.31. The predicted octanol–water partition coefficient (Wildman–Crippen LogP) is 1.86. The first-order valence-electron chi connectivity index (χ1n) is 3.49. The Morgan fingerprint density at radius 1 is 1.56 bits per heavy atom. The molecule has 0 aliphatic carbocycles. The van der Waals surface area contributed by atoms with E-state index in [1.54, 1.807) is 6.92 Å². The molecule has 1 nitrogen and oxygen atoms in total. The summed E-state index contributed by atoms with van der Waals surface area (Å²) in [4.78, 5) is 0. The van der Waals surface area contributed by atoms with Crippen LogP contribution in [0.4, 0.5) is 4.39 Å². The van der Waals surface area contributed by atoms with Gasteiger partial charge in [0, 0.05) is 6.04 Å². The van der Waals surface area contributed by atoms with Crippen LogP contribution in [0, 0.1) is 0 Å². The van der Waals surface area contributed by atoms with Gasteiger partial charge in [0.1, 0.15) is 5.67 Å². The molecular weight excluding hydrogens is 117 g/mol. The van der Waals surface area contributed by atoms with Crippen LogP contribution in [0.2, 0.25) is 0 Å². The Morgan fingerprint density at radius 2 is 2.00 bits per heavy atom. The maximum Gasteiger partial charge on any atom is 0.123 e. The van der Waals surface area contributed by atoms with E-state index in [1.165, 1.54) is 0 Å². The molecule has 0 radical (unpaired) electrons. The first-order valence-corrected chi connectivity index (χ1v) is 3.49. The van der Waals surface area contributed by atoms with E-state index < -0.39 is 5.67 Å². The number of hydrogen-bond acceptors (Lipinski definition) is 1. The second-order valence-corrected chi connectivity index (χ2v) is 2.65. The topological polar surface area (TPSA) is 26.0 Å². The highest BCUT2D eigenvalue weighted by atomic mass is 19.1. The molecule has 2 heteroatoms. The van der Waals surface area contributed by atoms with Crippen molar-refractivity contribution < 1.29 is 4.39 Å². The number of halogens is 1. The van der Waals surface area contributed by atoms with Crippen LogP contribution in [0.3, 0.4) is 0 Å². The molecule has 9 heavy (non-hydrogen) atoms. The molecule has 2 atom stereocenters. The van der Waals surface area contributed by atoms with E-state index in [4.69, 9.17) is 5.73 Å².